The van der Waals surface area contributed by atoms with Crippen molar-refractivity contribution in [3.63, 3.8) is 0 Å². The van der Waals surface area contributed by atoms with Crippen molar-refractivity contribution < 1.29 is 38.9 Å². The molecule has 1 saturated carbocycles. The molecule has 15 nitrogen and oxygen atoms in total. The Morgan fingerprint density at radius 1 is 0.825 bits per heavy atom. The third-order valence-electron chi connectivity index (χ3n) is 11.8. The largest absolute Gasteiger partial charge is 0.508 e. The van der Waals surface area contributed by atoms with Crippen LogP contribution in [0.4, 0.5) is 28.4 Å². The summed E-state index contributed by atoms with van der Waals surface area (Å²) in [6.45, 7) is 0. The van der Waals surface area contributed by atoms with Gasteiger partial charge < -0.3 is 14.7 Å². The zero-order valence-electron chi connectivity index (χ0n) is 30.7. The number of imide groups is 2. The Morgan fingerprint density at radius 3 is 2.12 bits per heavy atom. The molecule has 57 heavy (non-hydrogen) atoms. The van der Waals surface area contributed by atoms with Gasteiger partial charge in [0, 0.05) is 48.8 Å². The van der Waals surface area contributed by atoms with Crippen LogP contribution in [0.3, 0.4) is 0 Å². The number of phenols is 1. The molecule has 0 radical (unpaired) electrons. The molecule has 4 aromatic rings. The molecule has 4 aliphatic rings. The molecule has 2 saturated heterocycles. The molecule has 8 rings (SSSR count). The van der Waals surface area contributed by atoms with Gasteiger partial charge in [-0.05, 0) is 48.6 Å². The number of fused-ring (bicyclic) bond motifs is 4. The summed E-state index contributed by atoms with van der Waals surface area (Å²) in [5.74, 6) is -7.41. The van der Waals surface area contributed by atoms with E-state index in [4.69, 9.17) is 16.3 Å². The van der Waals surface area contributed by atoms with Crippen molar-refractivity contribution >= 4 is 63.7 Å². The SMILES string of the molecule is COc1cc(O)ccc1[C@H]1C2=CC[C@@H]3C(=O)N(c4cc([N+](=O)[O-])c(N(C)C)c([N+](=O)[O-])c4)C(=O)[C@@H]3[C@@H]2C[C@H]2C(=O)N(c3cccc(Cl)c3)C(=O)[C@@]12c1ccccc1. The highest BCUT2D eigenvalue weighted by molar-refractivity contribution is 6.32. The van der Waals surface area contributed by atoms with Gasteiger partial charge in [-0.2, -0.15) is 0 Å². The summed E-state index contributed by atoms with van der Waals surface area (Å²) in [5.41, 5.74) is -1.77. The van der Waals surface area contributed by atoms with E-state index in [9.17, 15) is 39.7 Å². The van der Waals surface area contributed by atoms with E-state index in [0.29, 0.717) is 21.7 Å². The zero-order valence-corrected chi connectivity index (χ0v) is 31.5. The van der Waals surface area contributed by atoms with E-state index in [1.54, 1.807) is 54.6 Å². The lowest BCUT2D eigenvalue weighted by molar-refractivity contribution is -0.392. The van der Waals surface area contributed by atoms with E-state index < -0.39 is 79.9 Å². The molecule has 2 heterocycles. The van der Waals surface area contributed by atoms with Crippen molar-refractivity contribution in [2.24, 2.45) is 23.7 Å². The normalized spacial score (nSPS) is 25.1. The lowest BCUT2D eigenvalue weighted by Gasteiger charge is -2.51. The fourth-order valence-corrected chi connectivity index (χ4v) is 9.92. The standard InChI is InChI=1S/C41H34ClN5O10/c1-43(2)36-31(46(53)54)17-24(18-32(36)47(55)56)44-37(49)28-15-14-26-29(34(28)39(44)51)20-30-38(50)45(23-11-7-10-22(42)16-23)40(52)41(30,21-8-5-4-6-9-21)35(26)27-13-12-25(48)19-33(27)57-3/h4-14,16-19,28-30,34-35,48H,15,20H2,1-3H3/t28-,29+,30-,34-,35+,41+/m0/s1. The van der Waals surface area contributed by atoms with Crippen LogP contribution in [-0.4, -0.2) is 59.8 Å². The quantitative estimate of drug-likeness (QED) is 0.0911. The summed E-state index contributed by atoms with van der Waals surface area (Å²) >= 11 is 6.38. The van der Waals surface area contributed by atoms with E-state index in [0.717, 1.165) is 21.9 Å². The highest BCUT2D eigenvalue weighted by Gasteiger charge is 2.70. The minimum Gasteiger partial charge on any atom is -0.508 e. The molecule has 0 spiro atoms. The Balaban J connectivity index is 1.34. The summed E-state index contributed by atoms with van der Waals surface area (Å²) in [4.78, 5) is 85.5. The monoisotopic (exact) mass is 791 g/mol. The first-order valence-electron chi connectivity index (χ1n) is 18.0. The first-order chi connectivity index (χ1) is 27.2. The summed E-state index contributed by atoms with van der Waals surface area (Å²) in [5, 5.41) is 35.3. The maximum Gasteiger partial charge on any atom is 0.301 e. The molecule has 3 fully saturated rings. The van der Waals surface area contributed by atoms with Crippen molar-refractivity contribution in [2.75, 3.05) is 35.9 Å². The highest BCUT2D eigenvalue weighted by Crippen LogP contribution is 2.65. The molecule has 0 aromatic heterocycles. The van der Waals surface area contributed by atoms with Gasteiger partial charge in [0.05, 0.1) is 51.5 Å². The van der Waals surface area contributed by atoms with Gasteiger partial charge in [-0.1, -0.05) is 65.7 Å². The summed E-state index contributed by atoms with van der Waals surface area (Å²) in [6.07, 6.45) is 1.79. The Bertz CT molecular complexity index is 2440. The van der Waals surface area contributed by atoms with Crippen molar-refractivity contribution in [2.45, 2.75) is 24.2 Å². The van der Waals surface area contributed by atoms with E-state index in [1.165, 1.54) is 44.3 Å². The first-order valence-corrected chi connectivity index (χ1v) is 18.4. The predicted octanol–water partition coefficient (Wildman–Crippen LogP) is 6.30. The van der Waals surface area contributed by atoms with Gasteiger partial charge in [0.15, 0.2) is 5.69 Å². The number of allylic oxidation sites excluding steroid dienone is 2. The number of nitrogens with zero attached hydrogens (tertiary/aromatic N) is 5. The average molecular weight is 792 g/mol. The molecule has 16 heteroatoms. The maximum atomic E-state index is 15.4. The summed E-state index contributed by atoms with van der Waals surface area (Å²) in [7, 11) is 4.22. The fraction of sp³-hybridized carbons (Fsp3) is 0.268. The van der Waals surface area contributed by atoms with Crippen LogP contribution in [0.25, 0.3) is 0 Å². The number of benzene rings is 4. The van der Waals surface area contributed by atoms with Gasteiger partial charge in [-0.25, -0.2) is 9.80 Å². The number of carbonyl (C=O) groups is 4. The number of carbonyl (C=O) groups excluding carboxylic acids is 4. The van der Waals surface area contributed by atoms with Gasteiger partial charge in [0.2, 0.25) is 23.6 Å². The fourth-order valence-electron chi connectivity index (χ4n) is 9.74. The second kappa shape index (κ2) is 13.5. The van der Waals surface area contributed by atoms with Crippen molar-refractivity contribution in [1.82, 2.24) is 0 Å². The van der Waals surface area contributed by atoms with Crippen LogP contribution < -0.4 is 19.4 Å². The van der Waals surface area contributed by atoms with Gasteiger partial charge in [0.1, 0.15) is 11.5 Å². The number of rotatable bonds is 8. The van der Waals surface area contributed by atoms with Crippen LogP contribution in [0.2, 0.25) is 5.02 Å². The van der Waals surface area contributed by atoms with Crippen LogP contribution in [-0.2, 0) is 24.6 Å². The molecule has 2 aliphatic carbocycles. The number of nitro benzene ring substituents is 2. The zero-order chi connectivity index (χ0) is 40.7. The molecular weight excluding hydrogens is 758 g/mol. The number of amides is 4. The smallest absolute Gasteiger partial charge is 0.301 e. The molecule has 4 amide bonds. The van der Waals surface area contributed by atoms with E-state index >= 15 is 4.79 Å². The summed E-state index contributed by atoms with van der Waals surface area (Å²) in [6, 6.07) is 21.7. The minimum absolute atomic E-state index is 0.0180. The Kier molecular flexibility index (Phi) is 8.87. The maximum absolute atomic E-state index is 15.4. The number of hydrogen-bond donors (Lipinski definition) is 1. The summed E-state index contributed by atoms with van der Waals surface area (Å²) < 4.78 is 5.81. The predicted molar refractivity (Wildman–Crippen MR) is 207 cm³/mol. The molecule has 2 aliphatic heterocycles. The van der Waals surface area contributed by atoms with Crippen molar-refractivity contribution in [1.29, 1.82) is 0 Å². The molecule has 4 aromatic carbocycles. The Morgan fingerprint density at radius 2 is 1.51 bits per heavy atom. The van der Waals surface area contributed by atoms with E-state index in [-0.39, 0.29) is 41.4 Å². The molecule has 0 unspecified atom stereocenters. The van der Waals surface area contributed by atoms with Gasteiger partial charge in [-0.15, -0.1) is 0 Å². The molecule has 290 valence electrons. The Labute approximate surface area is 330 Å². The van der Waals surface area contributed by atoms with Crippen LogP contribution >= 0.6 is 11.6 Å². The highest BCUT2D eigenvalue weighted by atomic mass is 35.5. The van der Waals surface area contributed by atoms with Gasteiger partial charge in [-0.3, -0.25) is 39.4 Å². The topological polar surface area (TPSA) is 194 Å². The number of anilines is 3. The number of halogens is 1. The van der Waals surface area contributed by atoms with Crippen LogP contribution in [0.1, 0.15) is 29.9 Å². The number of hydrogen-bond acceptors (Lipinski definition) is 11. The van der Waals surface area contributed by atoms with Gasteiger partial charge >= 0.3 is 11.4 Å². The van der Waals surface area contributed by atoms with Crippen LogP contribution in [0, 0.1) is 43.9 Å². The number of aromatic hydroxyl groups is 1. The molecular formula is C41H34ClN5O10. The van der Waals surface area contributed by atoms with Crippen LogP contribution in [0.5, 0.6) is 11.5 Å². The number of phenolic OH excluding ortho intramolecular Hbond substituents is 1. The van der Waals surface area contributed by atoms with Crippen molar-refractivity contribution in [3.05, 3.63) is 133 Å². The minimum atomic E-state index is -1.62. The Hall–Kier alpha value is -6.61. The first kappa shape index (κ1) is 37.3. The van der Waals surface area contributed by atoms with Gasteiger partial charge in [0.25, 0.3) is 0 Å². The lowest BCUT2D eigenvalue weighted by atomic mass is 9.49. The lowest BCUT2D eigenvalue weighted by Crippen LogP contribution is -2.53. The van der Waals surface area contributed by atoms with Crippen LogP contribution in [0.15, 0.2) is 96.6 Å². The molecule has 6 atom stereocenters. The number of ether oxygens (including phenoxy) is 1. The second-order valence-corrected chi connectivity index (χ2v) is 15.2. The third kappa shape index (κ3) is 5.39. The van der Waals surface area contributed by atoms with Crippen molar-refractivity contribution in [3.8, 4) is 11.5 Å². The van der Waals surface area contributed by atoms with E-state index in [1.807, 2.05) is 6.08 Å². The number of methoxy groups -OCH3 is 1. The second-order valence-electron chi connectivity index (χ2n) is 14.8. The van der Waals surface area contributed by atoms with E-state index in [2.05, 4.69) is 0 Å². The molecule has 0 bridgehead atoms. The average Bonchev–Trinajstić information content (AvgIpc) is 3.58. The molecule has 1 N–H and O–H groups in total. The number of nitro groups is 2. The third-order valence-corrected chi connectivity index (χ3v) is 12.1.